The van der Waals surface area contributed by atoms with Crippen LogP contribution in [0.2, 0.25) is 0 Å². The van der Waals surface area contributed by atoms with Crippen LogP contribution in [0.4, 0.5) is 4.79 Å². The van der Waals surface area contributed by atoms with Gasteiger partial charge in [0.2, 0.25) is 5.91 Å². The molecule has 1 unspecified atom stereocenters. The number of rotatable bonds is 11. The highest BCUT2D eigenvalue weighted by molar-refractivity contribution is 5.86. The molecular formula is C24H32N2O5. The number of carbonyl (C=O) groups excluding carboxylic acids is 2. The summed E-state index contributed by atoms with van der Waals surface area (Å²) in [6, 6.07) is 17.3. The van der Waals surface area contributed by atoms with Crippen LogP contribution < -0.4 is 10.6 Å². The van der Waals surface area contributed by atoms with Gasteiger partial charge in [0.15, 0.2) is 6.29 Å². The molecule has 0 spiro atoms. The highest BCUT2D eigenvalue weighted by Crippen LogP contribution is 2.12. The molecule has 0 bridgehead atoms. The van der Waals surface area contributed by atoms with E-state index in [9.17, 15) is 14.7 Å². The second-order valence-electron chi connectivity index (χ2n) is 7.50. The summed E-state index contributed by atoms with van der Waals surface area (Å²) in [5.74, 6) is -0.538. The van der Waals surface area contributed by atoms with Gasteiger partial charge in [0.25, 0.3) is 0 Å². The van der Waals surface area contributed by atoms with Crippen LogP contribution in [0.15, 0.2) is 60.7 Å². The average molecular weight is 429 g/mol. The zero-order valence-electron chi connectivity index (χ0n) is 18.3. The maximum absolute atomic E-state index is 13.0. The number of amides is 2. The van der Waals surface area contributed by atoms with Crippen molar-refractivity contribution in [3.8, 4) is 0 Å². The molecule has 7 heteroatoms. The van der Waals surface area contributed by atoms with E-state index in [1.807, 2.05) is 74.5 Å². The van der Waals surface area contributed by atoms with Gasteiger partial charge in [-0.2, -0.15) is 0 Å². The van der Waals surface area contributed by atoms with Crippen LogP contribution in [0.3, 0.4) is 0 Å². The Morgan fingerprint density at radius 2 is 1.55 bits per heavy atom. The van der Waals surface area contributed by atoms with E-state index in [1.165, 1.54) is 7.11 Å². The summed E-state index contributed by atoms with van der Waals surface area (Å²) in [4.78, 5) is 25.4. The van der Waals surface area contributed by atoms with E-state index in [1.54, 1.807) is 0 Å². The minimum Gasteiger partial charge on any atom is -0.445 e. The zero-order valence-corrected chi connectivity index (χ0v) is 18.3. The third-order valence-electron chi connectivity index (χ3n) is 5.19. The molecule has 0 aromatic heterocycles. The molecule has 3 N–H and O–H groups in total. The Morgan fingerprint density at radius 1 is 0.968 bits per heavy atom. The van der Waals surface area contributed by atoms with Crippen molar-refractivity contribution in [2.75, 3.05) is 7.11 Å². The number of carbonyl (C=O) groups is 2. The van der Waals surface area contributed by atoms with E-state index in [4.69, 9.17) is 9.47 Å². The minimum absolute atomic E-state index is 0.112. The molecule has 0 radical (unpaired) electrons. The Bertz CT molecular complexity index is 800. The summed E-state index contributed by atoms with van der Waals surface area (Å²) in [6.45, 7) is 3.93. The molecule has 2 rings (SSSR count). The first kappa shape index (κ1) is 24.4. The molecule has 0 fully saturated rings. The van der Waals surface area contributed by atoms with Crippen molar-refractivity contribution in [3.05, 3.63) is 71.8 Å². The molecule has 4 atom stereocenters. The first-order chi connectivity index (χ1) is 14.9. The highest BCUT2D eigenvalue weighted by atomic mass is 16.6. The summed E-state index contributed by atoms with van der Waals surface area (Å²) in [5, 5.41) is 15.7. The van der Waals surface area contributed by atoms with E-state index in [-0.39, 0.29) is 12.5 Å². The van der Waals surface area contributed by atoms with Gasteiger partial charge in [0.1, 0.15) is 12.6 Å². The van der Waals surface area contributed by atoms with Crippen LogP contribution in [0.5, 0.6) is 0 Å². The van der Waals surface area contributed by atoms with Gasteiger partial charge in [-0.15, -0.1) is 0 Å². The number of ether oxygens (including phenoxy) is 2. The van der Waals surface area contributed by atoms with Crippen LogP contribution in [0.1, 0.15) is 31.4 Å². The third-order valence-corrected chi connectivity index (χ3v) is 5.19. The van der Waals surface area contributed by atoms with Crippen LogP contribution in [0, 0.1) is 5.92 Å². The number of aliphatic hydroxyl groups is 1. The number of benzene rings is 2. The summed E-state index contributed by atoms with van der Waals surface area (Å²) >= 11 is 0. The Morgan fingerprint density at radius 3 is 2.10 bits per heavy atom. The first-order valence-electron chi connectivity index (χ1n) is 10.5. The van der Waals surface area contributed by atoms with Crippen molar-refractivity contribution in [2.45, 2.75) is 51.7 Å². The molecule has 0 aliphatic carbocycles. The molecule has 2 amide bonds. The lowest BCUT2D eigenvalue weighted by Gasteiger charge is -2.28. The van der Waals surface area contributed by atoms with E-state index < -0.39 is 30.4 Å². The van der Waals surface area contributed by atoms with Crippen LogP contribution in [-0.2, 0) is 27.3 Å². The van der Waals surface area contributed by atoms with Gasteiger partial charge in [0.05, 0.1) is 6.04 Å². The molecule has 7 nitrogen and oxygen atoms in total. The van der Waals surface area contributed by atoms with Gasteiger partial charge < -0.3 is 25.2 Å². The maximum atomic E-state index is 13.0. The van der Waals surface area contributed by atoms with Crippen LogP contribution in [0.25, 0.3) is 0 Å². The Labute approximate surface area is 183 Å². The largest absolute Gasteiger partial charge is 0.445 e. The lowest BCUT2D eigenvalue weighted by Crippen LogP contribution is -2.55. The predicted molar refractivity (Wildman–Crippen MR) is 118 cm³/mol. The van der Waals surface area contributed by atoms with Crippen molar-refractivity contribution in [1.29, 1.82) is 0 Å². The standard InChI is InChI=1S/C24H32N2O5/c1-4-17(2)21(26-24(29)31-16-19-13-9-6-10-14-19)22(27)25-20(23(28)30-3)15-18-11-7-5-8-12-18/h5-14,17,20-21,23,28H,4,15-16H2,1-3H3,(H,25,27)(H,26,29)/t17-,20-,21-,23?/m0/s1. The first-order valence-corrected chi connectivity index (χ1v) is 10.5. The molecule has 168 valence electrons. The predicted octanol–water partition coefficient (Wildman–Crippen LogP) is 3.02. The molecule has 31 heavy (non-hydrogen) atoms. The fourth-order valence-electron chi connectivity index (χ4n) is 3.12. The van der Waals surface area contributed by atoms with Crippen molar-refractivity contribution in [2.24, 2.45) is 5.92 Å². The molecule has 0 saturated carbocycles. The number of alkyl carbamates (subject to hydrolysis) is 1. The van der Waals surface area contributed by atoms with Crippen molar-refractivity contribution in [3.63, 3.8) is 0 Å². The minimum atomic E-state index is -1.19. The number of aliphatic hydroxyl groups excluding tert-OH is 1. The SMILES string of the molecule is CC[C@H](C)[C@H](NC(=O)OCc1ccccc1)C(=O)N[C@@H](Cc1ccccc1)C(O)OC. The maximum Gasteiger partial charge on any atom is 0.408 e. The molecule has 2 aromatic rings. The lowest BCUT2D eigenvalue weighted by atomic mass is 9.97. The van der Waals surface area contributed by atoms with E-state index in [0.717, 1.165) is 11.1 Å². The van der Waals surface area contributed by atoms with E-state index in [2.05, 4.69) is 10.6 Å². The van der Waals surface area contributed by atoms with Gasteiger partial charge in [0, 0.05) is 7.11 Å². The van der Waals surface area contributed by atoms with Crippen molar-refractivity contribution < 1.29 is 24.2 Å². The summed E-state index contributed by atoms with van der Waals surface area (Å²) in [7, 11) is 1.38. The fourth-order valence-corrected chi connectivity index (χ4v) is 3.12. The Hall–Kier alpha value is -2.90. The number of hydrogen-bond acceptors (Lipinski definition) is 5. The van der Waals surface area contributed by atoms with Crippen LogP contribution in [-0.4, -0.2) is 42.6 Å². The van der Waals surface area contributed by atoms with Crippen molar-refractivity contribution >= 4 is 12.0 Å². The second kappa shape index (κ2) is 12.7. The molecule has 0 aliphatic rings. The summed E-state index contributed by atoms with van der Waals surface area (Å²) < 4.78 is 10.3. The van der Waals surface area contributed by atoms with Gasteiger partial charge in [-0.05, 0) is 23.5 Å². The molecular weight excluding hydrogens is 396 g/mol. The summed E-state index contributed by atoms with van der Waals surface area (Å²) in [5.41, 5.74) is 1.80. The monoisotopic (exact) mass is 428 g/mol. The quantitative estimate of drug-likeness (QED) is 0.478. The van der Waals surface area contributed by atoms with Gasteiger partial charge in [-0.1, -0.05) is 80.9 Å². The second-order valence-corrected chi connectivity index (χ2v) is 7.50. The van der Waals surface area contributed by atoms with E-state index in [0.29, 0.717) is 12.8 Å². The third kappa shape index (κ3) is 8.03. The number of nitrogens with one attached hydrogen (secondary N) is 2. The highest BCUT2D eigenvalue weighted by Gasteiger charge is 2.30. The normalized spacial score (nSPS) is 14.7. The number of methoxy groups -OCH3 is 1. The lowest BCUT2D eigenvalue weighted by molar-refractivity contribution is -0.133. The average Bonchev–Trinajstić information content (AvgIpc) is 2.81. The van der Waals surface area contributed by atoms with Crippen molar-refractivity contribution in [1.82, 2.24) is 10.6 Å². The van der Waals surface area contributed by atoms with E-state index >= 15 is 0 Å². The fraction of sp³-hybridized carbons (Fsp3) is 0.417. The summed E-state index contributed by atoms with van der Waals surface area (Å²) in [6.07, 6.45) is -0.802. The molecule has 0 heterocycles. The Kier molecular flexibility index (Phi) is 10.00. The molecule has 2 aromatic carbocycles. The molecule has 0 saturated heterocycles. The van der Waals surface area contributed by atoms with Gasteiger partial charge in [-0.3, -0.25) is 4.79 Å². The smallest absolute Gasteiger partial charge is 0.408 e. The Balaban J connectivity index is 2.03. The van der Waals surface area contributed by atoms with Gasteiger partial charge in [-0.25, -0.2) is 4.79 Å². The molecule has 0 aliphatic heterocycles. The zero-order chi connectivity index (χ0) is 22.6. The van der Waals surface area contributed by atoms with Crippen LogP contribution >= 0.6 is 0 Å². The number of hydrogen-bond donors (Lipinski definition) is 3. The van der Waals surface area contributed by atoms with Gasteiger partial charge >= 0.3 is 6.09 Å². The topological polar surface area (TPSA) is 96.9 Å².